The number of rotatable bonds is 3. The molecule has 122 valence electrons. The molecule has 4 nitrogen and oxygen atoms in total. The van der Waals surface area contributed by atoms with E-state index in [1.807, 2.05) is 25.7 Å². The summed E-state index contributed by atoms with van der Waals surface area (Å²) < 4.78 is 0. The molecule has 1 amide bonds. The number of nitrogens with zero attached hydrogens (tertiary/aromatic N) is 2. The van der Waals surface area contributed by atoms with Gasteiger partial charge in [-0.1, -0.05) is 34.6 Å². The van der Waals surface area contributed by atoms with Crippen molar-refractivity contribution in [2.45, 2.75) is 40.7 Å². The number of carbonyl (C=O) groups is 1. The van der Waals surface area contributed by atoms with Gasteiger partial charge in [0.05, 0.1) is 6.04 Å². The molecule has 1 atom stereocenters. The van der Waals surface area contributed by atoms with Crippen molar-refractivity contribution in [2.24, 2.45) is 17.1 Å². The highest BCUT2D eigenvalue weighted by molar-refractivity contribution is 5.85. The molecule has 0 aromatic carbocycles. The predicted molar refractivity (Wildman–Crippen MR) is 89.8 cm³/mol. The average molecular weight is 328 g/mol. The fourth-order valence-electron chi connectivity index (χ4n) is 2.23. The van der Waals surface area contributed by atoms with Crippen molar-refractivity contribution >= 4 is 30.7 Å². The summed E-state index contributed by atoms with van der Waals surface area (Å²) in [6.45, 7) is 15.2. The highest BCUT2D eigenvalue weighted by atomic mass is 35.5. The van der Waals surface area contributed by atoms with Crippen LogP contribution in [0.3, 0.4) is 0 Å². The fraction of sp³-hybridized carbons (Fsp3) is 0.929. The highest BCUT2D eigenvalue weighted by Crippen LogP contribution is 2.19. The molecule has 1 aliphatic rings. The quantitative estimate of drug-likeness (QED) is 0.862. The first-order chi connectivity index (χ1) is 8.21. The van der Waals surface area contributed by atoms with Crippen molar-refractivity contribution in [1.29, 1.82) is 0 Å². The van der Waals surface area contributed by atoms with Crippen molar-refractivity contribution < 1.29 is 4.79 Å². The van der Waals surface area contributed by atoms with Crippen LogP contribution in [0.2, 0.25) is 0 Å². The molecular weight excluding hydrogens is 297 g/mol. The number of halogens is 2. The Hall–Kier alpha value is -0.0300. The first kappa shape index (κ1) is 22.3. The van der Waals surface area contributed by atoms with Gasteiger partial charge < -0.3 is 10.6 Å². The molecule has 0 aromatic rings. The molecule has 0 saturated carbocycles. The van der Waals surface area contributed by atoms with E-state index in [9.17, 15) is 4.79 Å². The molecule has 1 rings (SSSR count). The van der Waals surface area contributed by atoms with E-state index < -0.39 is 6.04 Å². The molecule has 0 spiro atoms. The molecule has 0 aromatic heterocycles. The van der Waals surface area contributed by atoms with Gasteiger partial charge in [0.25, 0.3) is 0 Å². The highest BCUT2D eigenvalue weighted by Gasteiger charge is 2.32. The van der Waals surface area contributed by atoms with Gasteiger partial charge in [-0.05, 0) is 11.3 Å². The largest absolute Gasteiger partial charge is 0.339 e. The van der Waals surface area contributed by atoms with Crippen LogP contribution in [0.15, 0.2) is 0 Å². The Morgan fingerprint density at radius 3 is 1.90 bits per heavy atom. The van der Waals surface area contributed by atoms with Gasteiger partial charge in [-0.3, -0.25) is 9.69 Å². The Morgan fingerprint density at radius 2 is 1.55 bits per heavy atom. The van der Waals surface area contributed by atoms with Gasteiger partial charge in [-0.25, -0.2) is 0 Å². The number of carbonyl (C=O) groups excluding carboxylic acids is 1. The van der Waals surface area contributed by atoms with Crippen LogP contribution in [-0.2, 0) is 4.79 Å². The Kier molecular flexibility index (Phi) is 10.1. The standard InChI is InChI=1S/C14H29N3O.2ClH/c1-11(2)10-16-6-8-17(9-7-16)13(18)12(15)14(3,4)5;;/h11-12H,6-10,15H2,1-5H3;2*1H/t12-;;/m1../s1. The minimum Gasteiger partial charge on any atom is -0.339 e. The first-order valence-corrected chi connectivity index (χ1v) is 6.98. The third-order valence-electron chi connectivity index (χ3n) is 3.51. The van der Waals surface area contributed by atoms with Crippen LogP contribution in [-0.4, -0.2) is 54.5 Å². The van der Waals surface area contributed by atoms with Crippen molar-refractivity contribution in [1.82, 2.24) is 9.80 Å². The Balaban J connectivity index is 0. The summed E-state index contributed by atoms with van der Waals surface area (Å²) >= 11 is 0. The molecule has 0 aliphatic carbocycles. The third-order valence-corrected chi connectivity index (χ3v) is 3.51. The zero-order chi connectivity index (χ0) is 13.9. The molecule has 2 N–H and O–H groups in total. The topological polar surface area (TPSA) is 49.6 Å². The van der Waals surface area contributed by atoms with Crippen LogP contribution in [0.1, 0.15) is 34.6 Å². The molecule has 6 heteroatoms. The molecule has 1 saturated heterocycles. The maximum atomic E-state index is 12.3. The second kappa shape index (κ2) is 9.08. The Labute approximate surface area is 136 Å². The van der Waals surface area contributed by atoms with Crippen LogP contribution in [0.5, 0.6) is 0 Å². The zero-order valence-corrected chi connectivity index (χ0v) is 15.0. The fourth-order valence-corrected chi connectivity index (χ4v) is 2.23. The van der Waals surface area contributed by atoms with E-state index in [1.165, 1.54) is 0 Å². The van der Waals surface area contributed by atoms with E-state index >= 15 is 0 Å². The van der Waals surface area contributed by atoms with E-state index in [0.717, 1.165) is 32.7 Å². The minimum absolute atomic E-state index is 0. The van der Waals surface area contributed by atoms with Crippen LogP contribution in [0.25, 0.3) is 0 Å². The molecule has 1 fully saturated rings. The summed E-state index contributed by atoms with van der Waals surface area (Å²) in [4.78, 5) is 16.6. The molecule has 20 heavy (non-hydrogen) atoms. The molecule has 1 aliphatic heterocycles. The van der Waals surface area contributed by atoms with Crippen molar-refractivity contribution in [3.8, 4) is 0 Å². The molecule has 1 heterocycles. The summed E-state index contributed by atoms with van der Waals surface area (Å²) in [5, 5.41) is 0. The Bertz CT molecular complexity index is 285. The molecule has 0 radical (unpaired) electrons. The number of hydrogen-bond acceptors (Lipinski definition) is 3. The second-order valence-electron chi connectivity index (χ2n) is 6.86. The summed E-state index contributed by atoms with van der Waals surface area (Å²) in [6.07, 6.45) is 0. The van der Waals surface area contributed by atoms with Crippen LogP contribution >= 0.6 is 24.8 Å². The predicted octanol–water partition coefficient (Wildman–Crippen LogP) is 2.00. The van der Waals surface area contributed by atoms with E-state index in [-0.39, 0.29) is 36.1 Å². The van der Waals surface area contributed by atoms with Crippen molar-refractivity contribution in [3.63, 3.8) is 0 Å². The van der Waals surface area contributed by atoms with Gasteiger partial charge in [0.1, 0.15) is 0 Å². The lowest BCUT2D eigenvalue weighted by atomic mass is 9.86. The van der Waals surface area contributed by atoms with Gasteiger partial charge >= 0.3 is 0 Å². The van der Waals surface area contributed by atoms with Crippen LogP contribution < -0.4 is 5.73 Å². The van der Waals surface area contributed by atoms with E-state index in [4.69, 9.17) is 5.73 Å². The molecule has 0 bridgehead atoms. The normalized spacial score (nSPS) is 18.2. The lowest BCUT2D eigenvalue weighted by Crippen LogP contribution is -2.56. The number of amides is 1. The van der Waals surface area contributed by atoms with Crippen LogP contribution in [0, 0.1) is 11.3 Å². The SMILES string of the molecule is CC(C)CN1CCN(C(=O)[C@@H](N)C(C)(C)C)CC1.Cl.Cl. The van der Waals surface area contributed by atoms with E-state index in [1.54, 1.807) is 0 Å². The maximum Gasteiger partial charge on any atom is 0.240 e. The number of hydrogen-bond donors (Lipinski definition) is 1. The van der Waals surface area contributed by atoms with Gasteiger partial charge in [0.2, 0.25) is 5.91 Å². The van der Waals surface area contributed by atoms with Gasteiger partial charge in [0, 0.05) is 32.7 Å². The van der Waals surface area contributed by atoms with Crippen molar-refractivity contribution in [3.05, 3.63) is 0 Å². The van der Waals surface area contributed by atoms with Crippen molar-refractivity contribution in [2.75, 3.05) is 32.7 Å². The first-order valence-electron chi connectivity index (χ1n) is 6.98. The lowest BCUT2D eigenvalue weighted by Gasteiger charge is -2.38. The smallest absolute Gasteiger partial charge is 0.240 e. The molecular formula is C14H31Cl2N3O. The summed E-state index contributed by atoms with van der Waals surface area (Å²) in [5.41, 5.74) is 5.88. The summed E-state index contributed by atoms with van der Waals surface area (Å²) in [7, 11) is 0. The van der Waals surface area contributed by atoms with Gasteiger partial charge in [0.15, 0.2) is 0 Å². The van der Waals surface area contributed by atoms with E-state index in [2.05, 4.69) is 18.7 Å². The average Bonchev–Trinajstić information content (AvgIpc) is 2.26. The minimum atomic E-state index is -0.394. The summed E-state index contributed by atoms with van der Waals surface area (Å²) in [5.74, 6) is 0.788. The van der Waals surface area contributed by atoms with Crippen LogP contribution in [0.4, 0.5) is 0 Å². The summed E-state index contributed by atoms with van der Waals surface area (Å²) in [6, 6.07) is -0.394. The van der Waals surface area contributed by atoms with Gasteiger partial charge in [-0.15, -0.1) is 24.8 Å². The number of piperazine rings is 1. The monoisotopic (exact) mass is 327 g/mol. The number of nitrogens with two attached hydrogens (primary N) is 1. The zero-order valence-electron chi connectivity index (χ0n) is 13.4. The second-order valence-corrected chi connectivity index (χ2v) is 6.86. The van der Waals surface area contributed by atoms with E-state index in [0.29, 0.717) is 5.92 Å². The third kappa shape index (κ3) is 6.61. The van der Waals surface area contributed by atoms with Gasteiger partial charge in [-0.2, -0.15) is 0 Å². The maximum absolute atomic E-state index is 12.3. The Morgan fingerprint density at radius 1 is 1.10 bits per heavy atom. The molecule has 0 unspecified atom stereocenters. The lowest BCUT2D eigenvalue weighted by molar-refractivity contribution is -0.136.